The first-order valence-corrected chi connectivity index (χ1v) is 13.8. The van der Waals surface area contributed by atoms with E-state index in [1.807, 2.05) is 6.08 Å². The zero-order valence-electron chi connectivity index (χ0n) is 22.9. The van der Waals surface area contributed by atoms with Gasteiger partial charge in [0.25, 0.3) is 0 Å². The number of anilines is 1. The van der Waals surface area contributed by atoms with Crippen LogP contribution >= 0.6 is 0 Å². The van der Waals surface area contributed by atoms with Gasteiger partial charge in [-0.3, -0.25) is 9.69 Å². The van der Waals surface area contributed by atoms with Gasteiger partial charge in [-0.05, 0) is 55.3 Å². The van der Waals surface area contributed by atoms with Crippen molar-refractivity contribution in [1.29, 1.82) is 0 Å². The largest absolute Gasteiger partial charge is 0.416 e. The Kier molecular flexibility index (Phi) is 9.06. The summed E-state index contributed by atoms with van der Waals surface area (Å²) in [5, 5.41) is 6.07. The van der Waals surface area contributed by atoms with E-state index in [4.69, 9.17) is 4.74 Å². The maximum absolute atomic E-state index is 13.5. The molecule has 3 aliphatic rings. The van der Waals surface area contributed by atoms with Crippen molar-refractivity contribution in [2.24, 2.45) is 0 Å². The summed E-state index contributed by atoms with van der Waals surface area (Å²) in [5.74, 6) is -0.584. The number of likely N-dealkylation sites (tertiary alicyclic amines) is 2. The molecule has 5 rings (SSSR count). The van der Waals surface area contributed by atoms with Crippen molar-refractivity contribution in [3.63, 3.8) is 0 Å². The van der Waals surface area contributed by atoms with Gasteiger partial charge in [0.2, 0.25) is 5.91 Å². The maximum Gasteiger partial charge on any atom is 0.416 e. The summed E-state index contributed by atoms with van der Waals surface area (Å²) in [5.41, 5.74) is 3.03. The van der Waals surface area contributed by atoms with Crippen molar-refractivity contribution in [1.82, 2.24) is 25.1 Å². The van der Waals surface area contributed by atoms with E-state index in [-0.39, 0.29) is 35.8 Å². The summed E-state index contributed by atoms with van der Waals surface area (Å²) in [4.78, 5) is 25.6. The number of nitrogens with zero attached hydrogens (tertiary/aromatic N) is 4. The van der Waals surface area contributed by atoms with E-state index < -0.39 is 17.6 Å². The molecule has 0 radical (unpaired) electrons. The van der Waals surface area contributed by atoms with E-state index >= 15 is 0 Å². The van der Waals surface area contributed by atoms with Crippen LogP contribution in [-0.2, 0) is 15.7 Å². The monoisotopic (exact) mass is 584 g/mol. The van der Waals surface area contributed by atoms with Crippen LogP contribution in [0.4, 0.5) is 23.4 Å². The summed E-state index contributed by atoms with van der Waals surface area (Å²) in [6.07, 6.45) is 6.59. The topological polar surface area (TPSA) is 82.6 Å². The molecule has 3 heterocycles. The van der Waals surface area contributed by atoms with Crippen LogP contribution in [0, 0.1) is 0 Å². The predicted molar refractivity (Wildman–Crippen MR) is 151 cm³/mol. The number of carbonyl (C=O) groups is 1. The number of piperidine rings is 1. The number of hydrogen-bond acceptors (Lipinski definition) is 7. The normalized spacial score (nSPS) is 21.7. The Hall–Kier alpha value is -3.99. The van der Waals surface area contributed by atoms with Crippen LogP contribution in [0.5, 0.6) is 0 Å². The van der Waals surface area contributed by atoms with Crippen LogP contribution in [0.15, 0.2) is 78.7 Å². The number of carbonyl (C=O) groups excluding carboxylic acids is 1. The maximum atomic E-state index is 13.5. The third-order valence-corrected chi connectivity index (χ3v) is 7.67. The molecule has 8 nitrogen and oxygen atoms in total. The average Bonchev–Trinajstić information content (AvgIpc) is 3.24. The van der Waals surface area contributed by atoms with Crippen molar-refractivity contribution < 1.29 is 27.1 Å². The molecular formula is C30H32F4N6O2. The number of amides is 1. The molecule has 2 N–H and O–H groups in total. The summed E-state index contributed by atoms with van der Waals surface area (Å²) in [7, 11) is 0. The van der Waals surface area contributed by atoms with Crippen LogP contribution in [-0.4, -0.2) is 83.2 Å². The highest BCUT2D eigenvalue weighted by Crippen LogP contribution is 2.32. The first-order chi connectivity index (χ1) is 20.2. The molecule has 42 heavy (non-hydrogen) atoms. The minimum atomic E-state index is -4.51. The molecule has 222 valence electrons. The fourth-order valence-electron chi connectivity index (χ4n) is 5.56. The Morgan fingerprint density at radius 3 is 2.76 bits per heavy atom. The van der Waals surface area contributed by atoms with Gasteiger partial charge in [-0.1, -0.05) is 11.8 Å². The van der Waals surface area contributed by atoms with Crippen LogP contribution in [0.25, 0.3) is 10.9 Å². The van der Waals surface area contributed by atoms with Crippen molar-refractivity contribution in [2.45, 2.75) is 37.2 Å². The first kappa shape index (κ1) is 29.5. The number of halogens is 4. The Balaban J connectivity index is 1.18. The van der Waals surface area contributed by atoms with Crippen molar-refractivity contribution >= 4 is 22.6 Å². The third kappa shape index (κ3) is 7.07. The highest BCUT2D eigenvalue weighted by molar-refractivity contribution is 5.91. The van der Waals surface area contributed by atoms with E-state index in [1.54, 1.807) is 18.2 Å². The SMILES string of the molecule is C=CCO[C@H]1CN(C2CCN(C3=CC=C=C(F)C=C3)CC2)CC1NC(=O)CNc1ncnc2ccc(C(F)(F)F)cc12. The van der Waals surface area contributed by atoms with E-state index in [0.717, 1.165) is 43.8 Å². The molecule has 2 atom stereocenters. The highest BCUT2D eigenvalue weighted by atomic mass is 19.4. The van der Waals surface area contributed by atoms with E-state index in [9.17, 15) is 22.4 Å². The van der Waals surface area contributed by atoms with Crippen molar-refractivity contribution in [3.8, 4) is 0 Å². The Morgan fingerprint density at radius 1 is 1.19 bits per heavy atom. The predicted octanol–water partition coefficient (Wildman–Crippen LogP) is 4.36. The van der Waals surface area contributed by atoms with Gasteiger partial charge in [-0.2, -0.15) is 17.6 Å². The van der Waals surface area contributed by atoms with Gasteiger partial charge in [0.05, 0.1) is 36.4 Å². The van der Waals surface area contributed by atoms with Crippen LogP contribution < -0.4 is 10.6 Å². The lowest BCUT2D eigenvalue weighted by molar-refractivity contribution is -0.137. The van der Waals surface area contributed by atoms with Gasteiger partial charge in [0.15, 0.2) is 5.83 Å². The minimum Gasteiger partial charge on any atom is -0.371 e. The number of alkyl halides is 3. The summed E-state index contributed by atoms with van der Waals surface area (Å²) < 4.78 is 59.2. The molecule has 2 saturated heterocycles. The molecule has 2 fully saturated rings. The summed E-state index contributed by atoms with van der Waals surface area (Å²) in [6.45, 7) is 6.76. The molecule has 1 aliphatic carbocycles. The fourth-order valence-corrected chi connectivity index (χ4v) is 5.56. The second-order valence-corrected chi connectivity index (χ2v) is 10.4. The van der Waals surface area contributed by atoms with Gasteiger partial charge >= 0.3 is 6.18 Å². The number of fused-ring (bicyclic) bond motifs is 1. The number of benzene rings is 1. The molecule has 0 spiro atoms. The average molecular weight is 585 g/mol. The number of nitrogens with one attached hydrogen (secondary N) is 2. The Morgan fingerprint density at radius 2 is 2.00 bits per heavy atom. The number of allylic oxidation sites excluding steroid dienone is 4. The summed E-state index contributed by atoms with van der Waals surface area (Å²) >= 11 is 0. The second-order valence-electron chi connectivity index (χ2n) is 10.4. The minimum absolute atomic E-state index is 0.146. The Bertz CT molecular complexity index is 1440. The smallest absolute Gasteiger partial charge is 0.371 e. The molecule has 1 aromatic carbocycles. The summed E-state index contributed by atoms with van der Waals surface area (Å²) in [6, 6.07) is 3.24. The number of aromatic nitrogens is 2. The van der Waals surface area contributed by atoms with Crippen molar-refractivity contribution in [3.05, 3.63) is 84.3 Å². The molecule has 1 unspecified atom stereocenters. The number of hydrogen-bond donors (Lipinski definition) is 2. The van der Waals surface area contributed by atoms with Gasteiger partial charge in [0, 0.05) is 43.3 Å². The first-order valence-electron chi connectivity index (χ1n) is 13.8. The van der Waals surface area contributed by atoms with Crippen LogP contribution in [0.1, 0.15) is 18.4 Å². The zero-order chi connectivity index (χ0) is 29.7. The molecular weight excluding hydrogens is 552 g/mol. The van der Waals surface area contributed by atoms with Gasteiger partial charge in [-0.15, -0.1) is 6.58 Å². The Labute approximate surface area is 241 Å². The molecule has 1 aromatic heterocycles. The van der Waals surface area contributed by atoms with Crippen LogP contribution in [0.2, 0.25) is 0 Å². The lowest BCUT2D eigenvalue weighted by Crippen LogP contribution is -2.47. The molecule has 0 saturated carbocycles. The molecule has 12 heteroatoms. The zero-order valence-corrected chi connectivity index (χ0v) is 22.9. The lowest BCUT2D eigenvalue weighted by Gasteiger charge is -2.38. The molecule has 1 amide bonds. The van der Waals surface area contributed by atoms with E-state index in [1.165, 1.54) is 18.5 Å². The number of rotatable bonds is 9. The quantitative estimate of drug-likeness (QED) is 0.258. The van der Waals surface area contributed by atoms with E-state index in [2.05, 4.69) is 42.7 Å². The van der Waals surface area contributed by atoms with Crippen molar-refractivity contribution in [2.75, 3.05) is 44.6 Å². The van der Waals surface area contributed by atoms with Gasteiger partial charge < -0.3 is 20.3 Å². The number of ether oxygens (including phenoxy) is 1. The standard InChI is InChI=1S/C30H32F4N6O2/c1-2-14-42-27-18-40(23-10-12-39(13-11-23)22-5-3-4-21(31)7-8-22)17-26(27)38-28(41)16-35-29-24-15-20(30(32,33)34)6-9-25(24)36-19-37-29/h2-3,5-9,15,19,23,26-27H,1,10-14,16-18H2,(H,38,41)(H,35,36,37)/t26?,27-/m0/s1. The molecule has 2 aromatic rings. The molecule has 0 bridgehead atoms. The third-order valence-electron chi connectivity index (χ3n) is 7.67. The van der Waals surface area contributed by atoms with Gasteiger partial charge in [0.1, 0.15) is 12.1 Å². The van der Waals surface area contributed by atoms with E-state index in [0.29, 0.717) is 31.3 Å². The van der Waals surface area contributed by atoms with Crippen LogP contribution in [0.3, 0.4) is 0 Å². The second kappa shape index (κ2) is 12.9. The highest BCUT2D eigenvalue weighted by Gasteiger charge is 2.38. The lowest BCUT2D eigenvalue weighted by atomic mass is 10.0. The fraction of sp³-hybridized carbons (Fsp3) is 0.400. The van der Waals surface area contributed by atoms with Gasteiger partial charge in [-0.25, -0.2) is 9.97 Å². The molecule has 2 aliphatic heterocycles.